The third-order valence-corrected chi connectivity index (χ3v) is 5.76. The number of nitrogens with one attached hydrogen (secondary N) is 1. The molecule has 26 heavy (non-hydrogen) atoms. The van der Waals surface area contributed by atoms with E-state index in [0.29, 0.717) is 39.3 Å². The average molecular weight is 440 g/mol. The van der Waals surface area contributed by atoms with E-state index in [9.17, 15) is 8.42 Å². The molecule has 7 nitrogen and oxygen atoms in total. The van der Waals surface area contributed by atoms with E-state index in [1.807, 2.05) is 6.92 Å². The van der Waals surface area contributed by atoms with Crippen molar-refractivity contribution in [2.45, 2.75) is 11.8 Å². The maximum atomic E-state index is 12.7. The molecule has 0 amide bonds. The van der Waals surface area contributed by atoms with Crippen molar-refractivity contribution < 1.29 is 17.9 Å². The summed E-state index contributed by atoms with van der Waals surface area (Å²) in [5.41, 5.74) is 1.04. The summed E-state index contributed by atoms with van der Waals surface area (Å²) in [5, 5.41) is 5.03. The summed E-state index contributed by atoms with van der Waals surface area (Å²) in [6.07, 6.45) is 0. The first-order chi connectivity index (χ1) is 12.4. The number of methoxy groups -OCH3 is 1. The Balaban J connectivity index is 2.06. The van der Waals surface area contributed by atoms with Crippen molar-refractivity contribution in [3.8, 4) is 11.5 Å². The molecular weight excluding hydrogens is 422 g/mol. The maximum absolute atomic E-state index is 12.7. The molecule has 0 aliphatic carbocycles. The summed E-state index contributed by atoms with van der Waals surface area (Å²) in [6, 6.07) is 9.58. The van der Waals surface area contributed by atoms with E-state index in [-0.39, 0.29) is 4.90 Å². The zero-order valence-electron chi connectivity index (χ0n) is 14.5. The van der Waals surface area contributed by atoms with Crippen LogP contribution >= 0.6 is 15.9 Å². The van der Waals surface area contributed by atoms with Crippen LogP contribution in [0.4, 0.5) is 5.69 Å². The van der Waals surface area contributed by atoms with Gasteiger partial charge in [-0.2, -0.15) is 5.10 Å². The number of rotatable bonds is 6. The van der Waals surface area contributed by atoms with Crippen LogP contribution in [0.25, 0.3) is 10.9 Å². The second-order valence-electron chi connectivity index (χ2n) is 5.46. The predicted octanol–water partition coefficient (Wildman–Crippen LogP) is 3.54. The molecule has 3 aromatic rings. The number of anilines is 1. The van der Waals surface area contributed by atoms with Crippen LogP contribution in [0.3, 0.4) is 0 Å². The van der Waals surface area contributed by atoms with Gasteiger partial charge in [0.05, 0.1) is 35.2 Å². The number of hydrogen-bond donors (Lipinski definition) is 1. The molecule has 0 aliphatic rings. The molecule has 0 aliphatic heterocycles. The van der Waals surface area contributed by atoms with Gasteiger partial charge in [0.1, 0.15) is 16.1 Å². The normalized spacial score (nSPS) is 11.5. The van der Waals surface area contributed by atoms with Crippen LogP contribution in [0.5, 0.6) is 11.5 Å². The topological polar surface area (TPSA) is 82.4 Å². The standard InChI is InChI=1S/C17H18BrN3O4S/c1-4-25-14-10-9-13(16-15(14)17(18)19-21(16)2)20-26(22,23)12-7-5-11(24-3)6-8-12/h5-10,20H,4H2,1-3H3. The molecule has 1 heterocycles. The van der Waals surface area contributed by atoms with Crippen LogP contribution in [-0.4, -0.2) is 31.9 Å². The Morgan fingerprint density at radius 1 is 1.19 bits per heavy atom. The SMILES string of the molecule is CCOc1ccc(NS(=O)(=O)c2ccc(OC)cc2)c2c1c(Br)nn2C. The molecule has 2 aromatic carbocycles. The molecule has 0 bridgehead atoms. The van der Waals surface area contributed by atoms with Crippen molar-refractivity contribution >= 4 is 42.5 Å². The highest BCUT2D eigenvalue weighted by molar-refractivity contribution is 9.10. The number of aryl methyl sites for hydroxylation is 1. The molecule has 0 spiro atoms. The lowest BCUT2D eigenvalue weighted by Crippen LogP contribution is -2.14. The number of hydrogen-bond acceptors (Lipinski definition) is 5. The first kappa shape index (κ1) is 18.5. The molecule has 0 saturated carbocycles. The van der Waals surface area contributed by atoms with E-state index in [2.05, 4.69) is 25.8 Å². The Morgan fingerprint density at radius 2 is 1.88 bits per heavy atom. The summed E-state index contributed by atoms with van der Waals surface area (Å²) in [5.74, 6) is 1.22. The van der Waals surface area contributed by atoms with Gasteiger partial charge in [-0.3, -0.25) is 9.40 Å². The van der Waals surface area contributed by atoms with E-state index < -0.39 is 10.0 Å². The molecule has 0 saturated heterocycles. The monoisotopic (exact) mass is 439 g/mol. The highest BCUT2D eigenvalue weighted by Gasteiger charge is 2.20. The van der Waals surface area contributed by atoms with Crippen LogP contribution in [0.15, 0.2) is 45.9 Å². The largest absolute Gasteiger partial charge is 0.497 e. The average Bonchev–Trinajstić information content (AvgIpc) is 2.92. The lowest BCUT2D eigenvalue weighted by Gasteiger charge is -2.12. The highest BCUT2D eigenvalue weighted by atomic mass is 79.9. The molecule has 138 valence electrons. The fourth-order valence-electron chi connectivity index (χ4n) is 2.66. The molecule has 9 heteroatoms. The Kier molecular flexibility index (Phi) is 5.10. The zero-order valence-corrected chi connectivity index (χ0v) is 16.9. The van der Waals surface area contributed by atoms with Crippen molar-refractivity contribution in [1.82, 2.24) is 9.78 Å². The van der Waals surface area contributed by atoms with Gasteiger partial charge < -0.3 is 9.47 Å². The van der Waals surface area contributed by atoms with Crippen LogP contribution in [0, 0.1) is 0 Å². The van der Waals surface area contributed by atoms with Gasteiger partial charge in [0.15, 0.2) is 0 Å². The lowest BCUT2D eigenvalue weighted by molar-refractivity contribution is 0.344. The minimum atomic E-state index is -3.77. The fraction of sp³-hybridized carbons (Fsp3) is 0.235. The number of halogens is 1. The number of aromatic nitrogens is 2. The Morgan fingerprint density at radius 3 is 2.50 bits per heavy atom. The number of benzene rings is 2. The van der Waals surface area contributed by atoms with Crippen LogP contribution in [0.1, 0.15) is 6.92 Å². The van der Waals surface area contributed by atoms with Crippen molar-refractivity contribution in [3.05, 3.63) is 41.0 Å². The van der Waals surface area contributed by atoms with Gasteiger partial charge >= 0.3 is 0 Å². The van der Waals surface area contributed by atoms with Crippen LogP contribution in [-0.2, 0) is 17.1 Å². The zero-order chi connectivity index (χ0) is 18.9. The van der Waals surface area contributed by atoms with Gasteiger partial charge in [0, 0.05) is 7.05 Å². The maximum Gasteiger partial charge on any atom is 0.261 e. The first-order valence-electron chi connectivity index (χ1n) is 7.82. The van der Waals surface area contributed by atoms with Gasteiger partial charge in [-0.25, -0.2) is 8.42 Å². The second-order valence-corrected chi connectivity index (χ2v) is 7.90. The van der Waals surface area contributed by atoms with Gasteiger partial charge in [-0.15, -0.1) is 0 Å². The van der Waals surface area contributed by atoms with Gasteiger partial charge in [-0.05, 0) is 59.3 Å². The first-order valence-corrected chi connectivity index (χ1v) is 10.1. The fourth-order valence-corrected chi connectivity index (χ4v) is 4.34. The minimum absolute atomic E-state index is 0.140. The third-order valence-electron chi connectivity index (χ3n) is 3.82. The minimum Gasteiger partial charge on any atom is -0.497 e. The Hall–Kier alpha value is -2.26. The van der Waals surface area contributed by atoms with Crippen LogP contribution < -0.4 is 14.2 Å². The second kappa shape index (κ2) is 7.16. The van der Waals surface area contributed by atoms with E-state index in [1.165, 1.54) is 19.2 Å². The Labute approximate surface area is 160 Å². The van der Waals surface area contributed by atoms with Crippen molar-refractivity contribution in [2.75, 3.05) is 18.4 Å². The highest BCUT2D eigenvalue weighted by Crippen LogP contribution is 2.37. The molecule has 1 aromatic heterocycles. The van der Waals surface area contributed by atoms with Gasteiger partial charge in [0.25, 0.3) is 10.0 Å². The van der Waals surface area contributed by atoms with Crippen molar-refractivity contribution in [2.24, 2.45) is 7.05 Å². The number of fused-ring (bicyclic) bond motifs is 1. The molecule has 0 atom stereocenters. The quantitative estimate of drug-likeness (QED) is 0.634. The molecule has 0 fully saturated rings. The molecule has 3 rings (SSSR count). The number of ether oxygens (including phenoxy) is 2. The third kappa shape index (κ3) is 3.36. The van der Waals surface area contributed by atoms with Gasteiger partial charge in [0.2, 0.25) is 0 Å². The number of sulfonamides is 1. The van der Waals surface area contributed by atoms with Crippen molar-refractivity contribution in [1.29, 1.82) is 0 Å². The van der Waals surface area contributed by atoms with Crippen molar-refractivity contribution in [3.63, 3.8) is 0 Å². The number of nitrogens with zero attached hydrogens (tertiary/aromatic N) is 2. The molecule has 0 radical (unpaired) electrons. The van der Waals surface area contributed by atoms with Gasteiger partial charge in [-0.1, -0.05) is 0 Å². The summed E-state index contributed by atoms with van der Waals surface area (Å²) in [7, 11) is -0.495. The van der Waals surface area contributed by atoms with E-state index >= 15 is 0 Å². The molecular formula is C17H18BrN3O4S. The smallest absolute Gasteiger partial charge is 0.261 e. The summed E-state index contributed by atoms with van der Waals surface area (Å²) in [4.78, 5) is 0.140. The van der Waals surface area contributed by atoms with E-state index in [4.69, 9.17) is 9.47 Å². The van der Waals surface area contributed by atoms with E-state index in [1.54, 1.807) is 36.0 Å². The summed E-state index contributed by atoms with van der Waals surface area (Å²) < 4.78 is 41.0. The van der Waals surface area contributed by atoms with E-state index in [0.717, 1.165) is 0 Å². The predicted molar refractivity (Wildman–Crippen MR) is 103 cm³/mol. The van der Waals surface area contributed by atoms with Crippen LogP contribution in [0.2, 0.25) is 0 Å². The summed E-state index contributed by atoms with van der Waals surface area (Å²) >= 11 is 3.41. The molecule has 0 unspecified atom stereocenters. The summed E-state index contributed by atoms with van der Waals surface area (Å²) in [6.45, 7) is 2.38. The molecule has 1 N–H and O–H groups in total. The Bertz CT molecular complexity index is 1050. The lowest BCUT2D eigenvalue weighted by atomic mass is 10.2.